The fourth-order valence-corrected chi connectivity index (χ4v) is 7.32. The maximum absolute atomic E-state index is 13.8. The van der Waals surface area contributed by atoms with E-state index in [0.29, 0.717) is 45.0 Å². The number of aromatic amines is 1. The van der Waals surface area contributed by atoms with Crippen molar-refractivity contribution in [2.24, 2.45) is 0 Å². The molecule has 1 aliphatic heterocycles. The van der Waals surface area contributed by atoms with E-state index < -0.39 is 15.9 Å². The summed E-state index contributed by atoms with van der Waals surface area (Å²) in [4.78, 5) is 21.8. The molecule has 4 heterocycles. The van der Waals surface area contributed by atoms with Crippen LogP contribution in [0.2, 0.25) is 10.0 Å². The van der Waals surface area contributed by atoms with Crippen molar-refractivity contribution in [3.05, 3.63) is 104 Å². The van der Waals surface area contributed by atoms with E-state index >= 15 is 0 Å². The minimum Gasteiger partial charge on any atom is -0.335 e. The first-order valence-corrected chi connectivity index (χ1v) is 17.5. The number of rotatable bonds is 8. The van der Waals surface area contributed by atoms with E-state index in [9.17, 15) is 13.2 Å². The van der Waals surface area contributed by atoms with Crippen LogP contribution < -0.4 is 10.1 Å². The Morgan fingerprint density at radius 1 is 1.04 bits per heavy atom. The van der Waals surface area contributed by atoms with Gasteiger partial charge >= 0.3 is 0 Å². The first-order chi connectivity index (χ1) is 22.2. The molecule has 0 bridgehead atoms. The molecule has 1 aliphatic rings. The third-order valence-corrected chi connectivity index (χ3v) is 10.2. The van der Waals surface area contributed by atoms with Gasteiger partial charge in [-0.2, -0.15) is 5.10 Å². The lowest BCUT2D eigenvalue weighted by molar-refractivity contribution is 0.0743. The van der Waals surface area contributed by atoms with Gasteiger partial charge in [0.2, 0.25) is 0 Å². The van der Waals surface area contributed by atoms with Gasteiger partial charge in [-0.25, -0.2) is 27.8 Å². The fourth-order valence-electron chi connectivity index (χ4n) is 5.02. The van der Waals surface area contributed by atoms with E-state index in [1.54, 1.807) is 22.9 Å². The van der Waals surface area contributed by atoms with Gasteiger partial charge in [0.1, 0.15) is 0 Å². The number of imidazole rings is 1. The Morgan fingerprint density at radius 3 is 2.54 bits per heavy atom. The Balaban J connectivity index is 1.47. The Hall–Kier alpha value is -3.96. The summed E-state index contributed by atoms with van der Waals surface area (Å²) in [6.45, 7) is 3.19. The number of sulfonamides is 1. The zero-order chi connectivity index (χ0) is 32.3. The van der Waals surface area contributed by atoms with E-state index in [-0.39, 0.29) is 17.3 Å². The molecule has 14 heteroatoms. The highest BCUT2D eigenvalue weighted by Crippen LogP contribution is 2.37. The molecule has 1 amide bonds. The third kappa shape index (κ3) is 7.20. The molecule has 10 nitrogen and oxygen atoms in total. The Labute approximate surface area is 280 Å². The lowest BCUT2D eigenvalue weighted by Crippen LogP contribution is -2.45. The summed E-state index contributed by atoms with van der Waals surface area (Å²) >= 11 is 14.3. The quantitative estimate of drug-likeness (QED) is 0.173. The average molecular weight is 695 g/mol. The molecular weight excluding hydrogens is 665 g/mol. The van der Waals surface area contributed by atoms with Gasteiger partial charge in [0.05, 0.1) is 38.7 Å². The molecule has 2 aromatic carbocycles. The van der Waals surface area contributed by atoms with Crippen LogP contribution in [0.25, 0.3) is 16.3 Å². The van der Waals surface area contributed by atoms with Gasteiger partial charge in [-0.1, -0.05) is 59.2 Å². The van der Waals surface area contributed by atoms with E-state index in [2.05, 4.69) is 32.0 Å². The zero-order valence-electron chi connectivity index (χ0n) is 24.7. The summed E-state index contributed by atoms with van der Waals surface area (Å²) in [5, 5.41) is 7.25. The number of aryl methyl sites for hydroxylation is 1. The molecule has 0 atom stereocenters. The number of nitrogens with zero attached hydrogens (tertiary/aromatic N) is 4. The molecular formula is C32H29Cl2N7O3S2. The summed E-state index contributed by atoms with van der Waals surface area (Å²) in [7, 11) is -4.00. The van der Waals surface area contributed by atoms with Gasteiger partial charge in [-0.15, -0.1) is 11.3 Å². The highest BCUT2D eigenvalue weighted by molar-refractivity contribution is 7.89. The first-order valence-electron chi connectivity index (χ1n) is 14.5. The number of hydrazine groups is 1. The molecule has 3 aromatic heterocycles. The number of amides is 1. The van der Waals surface area contributed by atoms with Crippen LogP contribution in [0.1, 0.15) is 51.3 Å². The number of nitrogens with one attached hydrogen (secondary N) is 3. The third-order valence-electron chi connectivity index (χ3n) is 7.37. The van der Waals surface area contributed by atoms with Crippen molar-refractivity contribution in [1.82, 2.24) is 34.9 Å². The van der Waals surface area contributed by atoms with Gasteiger partial charge in [0.25, 0.3) is 15.9 Å². The topological polar surface area (TPSA) is 125 Å². The van der Waals surface area contributed by atoms with Crippen molar-refractivity contribution in [2.45, 2.75) is 37.8 Å². The number of halogens is 2. The second kappa shape index (κ2) is 13.8. The maximum atomic E-state index is 13.8. The van der Waals surface area contributed by atoms with Crippen molar-refractivity contribution < 1.29 is 13.2 Å². The number of benzene rings is 2. The van der Waals surface area contributed by atoms with Crippen molar-refractivity contribution in [3.8, 4) is 28.1 Å². The maximum Gasteiger partial charge on any atom is 0.286 e. The van der Waals surface area contributed by atoms with Crippen LogP contribution in [0.15, 0.2) is 72.1 Å². The Kier molecular flexibility index (Phi) is 9.60. The molecule has 0 unspecified atom stereocenters. The van der Waals surface area contributed by atoms with Crippen molar-refractivity contribution in [2.75, 3.05) is 13.1 Å². The van der Waals surface area contributed by atoms with Crippen molar-refractivity contribution in [1.29, 1.82) is 0 Å². The molecule has 1 fully saturated rings. The normalized spacial score (nSPS) is 13.7. The van der Waals surface area contributed by atoms with Crippen molar-refractivity contribution in [3.63, 3.8) is 0 Å². The molecule has 0 radical (unpaired) electrons. The molecule has 0 saturated carbocycles. The van der Waals surface area contributed by atoms with Crippen molar-refractivity contribution >= 4 is 50.5 Å². The van der Waals surface area contributed by atoms with Gasteiger partial charge in [0, 0.05) is 35.8 Å². The van der Waals surface area contributed by atoms with Gasteiger partial charge in [-0.3, -0.25) is 10.2 Å². The minimum absolute atomic E-state index is 0.0552. The number of H-pyrrole nitrogens is 1. The number of thiophene rings is 1. The Morgan fingerprint density at radius 2 is 1.83 bits per heavy atom. The highest BCUT2D eigenvalue weighted by atomic mass is 35.5. The molecule has 1 saturated heterocycles. The number of carbonyl (C=O) groups is 1. The van der Waals surface area contributed by atoms with Crippen LogP contribution in [0, 0.1) is 18.8 Å². The number of aromatic nitrogens is 4. The molecule has 0 spiro atoms. The van der Waals surface area contributed by atoms with Crippen LogP contribution in [0.3, 0.4) is 0 Å². The Bertz CT molecular complexity index is 2040. The average Bonchev–Trinajstić information content (AvgIpc) is 3.81. The minimum atomic E-state index is -4.00. The predicted octanol–water partition coefficient (Wildman–Crippen LogP) is 5.95. The molecule has 236 valence electrons. The number of carbonyl (C=O) groups excluding carboxylic acids is 1. The van der Waals surface area contributed by atoms with Crippen LogP contribution in [0.4, 0.5) is 0 Å². The van der Waals surface area contributed by atoms with Gasteiger partial charge in [-0.05, 0) is 62.2 Å². The first kappa shape index (κ1) is 32.0. The number of hydrogen-bond acceptors (Lipinski definition) is 7. The molecule has 3 N–H and O–H groups in total. The van der Waals surface area contributed by atoms with E-state index in [1.165, 1.54) is 23.9 Å². The molecule has 6 rings (SSSR count). The second-order valence-corrected chi connectivity index (χ2v) is 14.4. The van der Waals surface area contributed by atoms with Gasteiger partial charge in [0.15, 0.2) is 10.7 Å². The summed E-state index contributed by atoms with van der Waals surface area (Å²) in [6, 6.07) is 16.7. The summed E-state index contributed by atoms with van der Waals surface area (Å²) < 4.78 is 30.5. The smallest absolute Gasteiger partial charge is 0.286 e. The number of hydrogen-bond donors (Lipinski definition) is 3. The standard InChI is InChI=1S/C32H29Cl2N7O3S2/c1-21-5-7-22(8-6-21)9-11-24-12-14-28(45-24)31-25(18-37-46(43,44)29-19-35-20-36-29)30(32(42)39-40-15-3-2-4-16-40)38-41(31)27-13-10-23(33)17-26(27)34/h5-8,10,12-14,17,19-20,37H,2-4,15-16,18H2,1H3,(H,35,36)(H,39,42). The van der Waals surface area contributed by atoms with E-state index in [0.717, 1.165) is 35.3 Å². The predicted molar refractivity (Wildman–Crippen MR) is 180 cm³/mol. The van der Waals surface area contributed by atoms with Crippen LogP contribution in [0.5, 0.6) is 0 Å². The molecule has 46 heavy (non-hydrogen) atoms. The van der Waals surface area contributed by atoms with Crippen LogP contribution in [-0.4, -0.2) is 52.2 Å². The van der Waals surface area contributed by atoms with Gasteiger partial charge < -0.3 is 4.98 Å². The fraction of sp³-hybridized carbons (Fsp3) is 0.219. The van der Waals surface area contributed by atoms with Crippen LogP contribution in [-0.2, 0) is 16.6 Å². The molecule has 5 aromatic rings. The second-order valence-electron chi connectivity index (χ2n) is 10.7. The summed E-state index contributed by atoms with van der Waals surface area (Å²) in [5.74, 6) is 5.94. The lowest BCUT2D eigenvalue weighted by atomic mass is 10.1. The monoisotopic (exact) mass is 693 g/mol. The lowest BCUT2D eigenvalue weighted by Gasteiger charge is -2.26. The van der Waals surface area contributed by atoms with E-state index in [1.807, 2.05) is 48.3 Å². The largest absolute Gasteiger partial charge is 0.335 e. The SMILES string of the molecule is Cc1ccc(C#Cc2ccc(-c3c(CNS(=O)(=O)c4cnc[nH]4)c(C(=O)NN4CCCCC4)nn3-c3ccc(Cl)cc3Cl)s2)cc1. The zero-order valence-corrected chi connectivity index (χ0v) is 27.8. The molecule has 0 aliphatic carbocycles. The highest BCUT2D eigenvalue weighted by Gasteiger charge is 2.29. The summed E-state index contributed by atoms with van der Waals surface area (Å²) in [6.07, 6.45) is 5.50. The van der Waals surface area contributed by atoms with E-state index in [4.69, 9.17) is 28.3 Å². The summed E-state index contributed by atoms with van der Waals surface area (Å²) in [5.41, 5.74) is 6.38. The number of piperidine rings is 1. The van der Waals surface area contributed by atoms with Crippen LogP contribution >= 0.6 is 34.5 Å².